The molecule has 0 aliphatic carbocycles. The molecule has 2 aromatic heterocycles. The number of nitrogens with zero attached hydrogens (tertiary/aromatic N) is 3. The molecule has 0 fully saturated rings. The normalized spacial score (nSPS) is 15.0. The number of thiophene rings is 1. The summed E-state index contributed by atoms with van der Waals surface area (Å²) in [6.45, 7) is 0. The lowest BCUT2D eigenvalue weighted by molar-refractivity contribution is -0.111. The Kier molecular flexibility index (Phi) is 3.40. The van der Waals surface area contributed by atoms with Crippen molar-refractivity contribution in [3.63, 3.8) is 0 Å². The third-order valence-corrected chi connectivity index (χ3v) is 5.07. The molecule has 0 N–H and O–H groups in total. The Bertz CT molecular complexity index is 1160. The zero-order chi connectivity index (χ0) is 17.5. The maximum atomic E-state index is 13.1. The van der Waals surface area contributed by atoms with Gasteiger partial charge in [0.25, 0.3) is 5.91 Å². The molecule has 4 nitrogen and oxygen atoms in total. The van der Waals surface area contributed by atoms with Crippen molar-refractivity contribution in [1.82, 2.24) is 4.98 Å². The van der Waals surface area contributed by atoms with Crippen molar-refractivity contribution < 1.29 is 4.79 Å². The highest BCUT2D eigenvalue weighted by Gasteiger charge is 2.34. The lowest BCUT2D eigenvalue weighted by Crippen LogP contribution is -2.24. The average molecular weight is 355 g/mol. The molecular weight excluding hydrogens is 342 g/mol. The van der Waals surface area contributed by atoms with E-state index in [1.165, 1.54) is 0 Å². The van der Waals surface area contributed by atoms with Gasteiger partial charge in [-0.3, -0.25) is 14.7 Å². The van der Waals surface area contributed by atoms with Crippen LogP contribution in [0.3, 0.4) is 0 Å². The summed E-state index contributed by atoms with van der Waals surface area (Å²) in [5, 5.41) is 4.94. The SMILES string of the molecule is O=C1C(=Nc2ccc3ncccc3c2)c2ccccc2N1c1ccsc1. The van der Waals surface area contributed by atoms with Gasteiger partial charge in [-0.1, -0.05) is 24.3 Å². The Morgan fingerprint density at radius 1 is 1.00 bits per heavy atom. The zero-order valence-corrected chi connectivity index (χ0v) is 14.5. The third-order valence-electron chi connectivity index (χ3n) is 4.40. The molecule has 5 rings (SSSR count). The lowest BCUT2D eigenvalue weighted by atomic mass is 10.1. The Labute approximate surface area is 154 Å². The number of carbonyl (C=O) groups excluding carboxylic acids is 1. The fourth-order valence-corrected chi connectivity index (χ4v) is 3.83. The quantitative estimate of drug-likeness (QED) is 0.502. The van der Waals surface area contributed by atoms with Crippen LogP contribution in [-0.4, -0.2) is 16.6 Å². The largest absolute Gasteiger partial charge is 0.282 e. The van der Waals surface area contributed by atoms with Crippen LogP contribution in [0.2, 0.25) is 0 Å². The van der Waals surface area contributed by atoms with Gasteiger partial charge in [-0.25, -0.2) is 4.99 Å². The molecule has 124 valence electrons. The second-order valence-corrected chi connectivity index (χ2v) is 6.76. The Morgan fingerprint density at radius 3 is 2.81 bits per heavy atom. The van der Waals surface area contributed by atoms with Crippen molar-refractivity contribution >= 4 is 50.9 Å². The van der Waals surface area contributed by atoms with Crippen LogP contribution in [0.15, 0.2) is 82.6 Å². The number of aromatic nitrogens is 1. The monoisotopic (exact) mass is 355 g/mol. The summed E-state index contributed by atoms with van der Waals surface area (Å²) < 4.78 is 0. The van der Waals surface area contributed by atoms with Gasteiger partial charge in [0.1, 0.15) is 5.71 Å². The summed E-state index contributed by atoms with van der Waals surface area (Å²) in [4.78, 5) is 23.9. The van der Waals surface area contributed by atoms with Crippen LogP contribution in [-0.2, 0) is 4.79 Å². The minimum absolute atomic E-state index is 0.101. The predicted molar refractivity (Wildman–Crippen MR) is 106 cm³/mol. The topological polar surface area (TPSA) is 45.6 Å². The molecule has 3 heterocycles. The highest BCUT2D eigenvalue weighted by molar-refractivity contribution is 7.08. The summed E-state index contributed by atoms with van der Waals surface area (Å²) in [7, 11) is 0. The molecule has 0 saturated heterocycles. The van der Waals surface area contributed by atoms with E-state index in [1.807, 2.05) is 71.4 Å². The van der Waals surface area contributed by atoms with Crippen LogP contribution in [0.4, 0.5) is 17.1 Å². The number of hydrogen-bond donors (Lipinski definition) is 0. The van der Waals surface area contributed by atoms with Gasteiger partial charge in [-0.05, 0) is 41.8 Å². The second kappa shape index (κ2) is 5.89. The van der Waals surface area contributed by atoms with E-state index in [2.05, 4.69) is 4.98 Å². The van der Waals surface area contributed by atoms with Gasteiger partial charge >= 0.3 is 0 Å². The molecule has 2 aromatic carbocycles. The molecule has 0 unspecified atom stereocenters. The molecule has 4 aromatic rings. The summed E-state index contributed by atoms with van der Waals surface area (Å²) in [5.74, 6) is -0.101. The molecule has 0 saturated carbocycles. The van der Waals surface area contributed by atoms with E-state index in [1.54, 1.807) is 22.4 Å². The van der Waals surface area contributed by atoms with E-state index in [-0.39, 0.29) is 5.91 Å². The first kappa shape index (κ1) is 15.0. The van der Waals surface area contributed by atoms with E-state index < -0.39 is 0 Å². The van der Waals surface area contributed by atoms with Crippen LogP contribution in [0.1, 0.15) is 5.56 Å². The average Bonchev–Trinajstić information content (AvgIpc) is 3.29. The molecule has 0 bridgehead atoms. The van der Waals surface area contributed by atoms with Crippen LogP contribution in [0.5, 0.6) is 0 Å². The number of anilines is 2. The molecule has 26 heavy (non-hydrogen) atoms. The fraction of sp³-hybridized carbons (Fsp3) is 0. The first-order valence-corrected chi connectivity index (χ1v) is 9.15. The Balaban J connectivity index is 1.66. The summed E-state index contributed by atoms with van der Waals surface area (Å²) >= 11 is 1.57. The molecule has 1 amide bonds. The highest BCUT2D eigenvalue weighted by Crippen LogP contribution is 2.37. The van der Waals surface area contributed by atoms with Crippen LogP contribution >= 0.6 is 11.3 Å². The number of pyridine rings is 1. The smallest absolute Gasteiger partial charge is 0.274 e. The van der Waals surface area contributed by atoms with Gasteiger partial charge in [0, 0.05) is 22.5 Å². The van der Waals surface area contributed by atoms with Crippen molar-refractivity contribution in [1.29, 1.82) is 0 Å². The van der Waals surface area contributed by atoms with Crippen LogP contribution < -0.4 is 4.90 Å². The second-order valence-electron chi connectivity index (χ2n) is 5.98. The van der Waals surface area contributed by atoms with E-state index in [0.29, 0.717) is 5.71 Å². The first-order valence-electron chi connectivity index (χ1n) is 8.21. The molecule has 0 atom stereocenters. The lowest BCUT2D eigenvalue weighted by Gasteiger charge is -2.14. The molecule has 1 aliphatic heterocycles. The van der Waals surface area contributed by atoms with Gasteiger partial charge in [0.2, 0.25) is 0 Å². The number of aliphatic imine (C=N–C) groups is 1. The number of carbonyl (C=O) groups is 1. The molecule has 0 radical (unpaired) electrons. The van der Waals surface area contributed by atoms with E-state index in [9.17, 15) is 4.79 Å². The number of para-hydroxylation sites is 1. The number of fused-ring (bicyclic) bond motifs is 2. The van der Waals surface area contributed by atoms with E-state index in [4.69, 9.17) is 4.99 Å². The minimum Gasteiger partial charge on any atom is -0.274 e. The predicted octanol–water partition coefficient (Wildman–Crippen LogP) is 5.10. The fourth-order valence-electron chi connectivity index (χ4n) is 3.21. The van der Waals surface area contributed by atoms with Crippen molar-refractivity contribution in [2.45, 2.75) is 0 Å². The summed E-state index contributed by atoms with van der Waals surface area (Å²) in [5.41, 5.74) is 4.73. The molecule has 0 spiro atoms. The maximum Gasteiger partial charge on any atom is 0.282 e. The molecule has 5 heteroatoms. The molecule has 1 aliphatic rings. The standard InChI is InChI=1S/C21H13N3OS/c25-21-20(23-15-7-8-18-14(12-15)4-3-10-22-18)17-5-1-2-6-19(17)24(21)16-9-11-26-13-16/h1-13H. The minimum atomic E-state index is -0.101. The van der Waals surface area contributed by atoms with E-state index in [0.717, 1.165) is 33.5 Å². The maximum absolute atomic E-state index is 13.1. The van der Waals surface area contributed by atoms with Gasteiger partial charge in [0.05, 0.1) is 22.6 Å². The number of amides is 1. The number of rotatable bonds is 2. The van der Waals surface area contributed by atoms with Gasteiger partial charge in [0.15, 0.2) is 0 Å². The van der Waals surface area contributed by atoms with Gasteiger partial charge in [-0.2, -0.15) is 11.3 Å². The van der Waals surface area contributed by atoms with E-state index >= 15 is 0 Å². The Morgan fingerprint density at radius 2 is 1.92 bits per heavy atom. The van der Waals surface area contributed by atoms with Crippen LogP contribution in [0, 0.1) is 0 Å². The molecular formula is C21H13N3OS. The number of benzene rings is 2. The highest BCUT2D eigenvalue weighted by atomic mass is 32.1. The Hall–Kier alpha value is -3.31. The number of hydrogen-bond acceptors (Lipinski definition) is 4. The van der Waals surface area contributed by atoms with Gasteiger partial charge < -0.3 is 0 Å². The van der Waals surface area contributed by atoms with Crippen LogP contribution in [0.25, 0.3) is 10.9 Å². The first-order chi connectivity index (χ1) is 12.8. The summed E-state index contributed by atoms with van der Waals surface area (Å²) in [6.07, 6.45) is 1.77. The summed E-state index contributed by atoms with van der Waals surface area (Å²) in [6, 6.07) is 19.4. The van der Waals surface area contributed by atoms with Crippen molar-refractivity contribution in [3.8, 4) is 0 Å². The van der Waals surface area contributed by atoms with Crippen molar-refractivity contribution in [2.75, 3.05) is 4.90 Å². The van der Waals surface area contributed by atoms with Crippen molar-refractivity contribution in [2.24, 2.45) is 4.99 Å². The van der Waals surface area contributed by atoms with Crippen molar-refractivity contribution in [3.05, 3.63) is 83.2 Å². The van der Waals surface area contributed by atoms with Gasteiger partial charge in [-0.15, -0.1) is 0 Å². The third kappa shape index (κ3) is 2.33. The zero-order valence-electron chi connectivity index (χ0n) is 13.7.